The van der Waals surface area contributed by atoms with Gasteiger partial charge in [0, 0.05) is 29.2 Å². The number of carbonyl (C=O) groups is 1. The quantitative estimate of drug-likeness (QED) is 0.366. The second-order valence-corrected chi connectivity index (χ2v) is 7.22. The van der Waals surface area contributed by atoms with Crippen LogP contribution >= 0.6 is 0 Å². The Morgan fingerprint density at radius 3 is 2.35 bits per heavy atom. The molecule has 176 valence electrons. The van der Waals surface area contributed by atoms with E-state index in [1.807, 2.05) is 0 Å². The first-order valence-electron chi connectivity index (χ1n) is 9.72. The summed E-state index contributed by atoms with van der Waals surface area (Å²) in [6.45, 7) is -1.46. The Morgan fingerprint density at radius 2 is 1.68 bits per heavy atom. The number of halogens is 6. The Morgan fingerprint density at radius 1 is 0.882 bits per heavy atom. The van der Waals surface area contributed by atoms with Crippen molar-refractivity contribution in [2.75, 3.05) is 11.9 Å². The zero-order valence-corrected chi connectivity index (χ0v) is 17.1. The number of nitrogens with one attached hydrogen (secondary N) is 2. The zero-order chi connectivity index (χ0) is 24.5. The average molecular weight is 479 g/mol. The van der Waals surface area contributed by atoms with Gasteiger partial charge in [0.1, 0.15) is 17.9 Å². The fourth-order valence-corrected chi connectivity index (χ4v) is 3.22. The maximum absolute atomic E-state index is 12.7. The van der Waals surface area contributed by atoms with Crippen LogP contribution in [0.3, 0.4) is 0 Å². The number of aromatic nitrogens is 3. The number of carbonyl (C=O) groups excluding carboxylic acids is 1. The largest absolute Gasteiger partial charge is 0.433 e. The summed E-state index contributed by atoms with van der Waals surface area (Å²) in [6.07, 6.45) is -4.67. The van der Waals surface area contributed by atoms with E-state index < -0.39 is 30.6 Å². The number of pyridine rings is 2. The molecule has 2 amide bonds. The number of urea groups is 1. The fraction of sp³-hybridized carbons (Fsp3) is 0.136. The van der Waals surface area contributed by atoms with Gasteiger partial charge in [-0.15, -0.1) is 0 Å². The summed E-state index contributed by atoms with van der Waals surface area (Å²) >= 11 is 0. The lowest BCUT2D eigenvalue weighted by atomic mass is 10.1. The van der Waals surface area contributed by atoms with Crippen molar-refractivity contribution in [3.63, 3.8) is 0 Å². The smallest absolute Gasteiger partial charge is 0.329 e. The van der Waals surface area contributed by atoms with Crippen LogP contribution in [-0.2, 0) is 6.18 Å². The Bertz CT molecular complexity index is 1330. The topological polar surface area (TPSA) is 71.3 Å². The summed E-state index contributed by atoms with van der Waals surface area (Å²) in [5.74, 6) is 0. The van der Waals surface area contributed by atoms with Gasteiger partial charge in [-0.2, -0.15) is 26.3 Å². The molecule has 0 aliphatic heterocycles. The summed E-state index contributed by atoms with van der Waals surface area (Å²) in [5.41, 5.74) is 2.16. The molecular formula is C22H15F6N5O. The molecule has 0 saturated carbocycles. The third-order valence-electron chi connectivity index (χ3n) is 4.77. The predicted octanol–water partition coefficient (Wildman–Crippen LogP) is 5.77. The highest BCUT2D eigenvalue weighted by Crippen LogP contribution is 2.30. The average Bonchev–Trinajstić information content (AvgIpc) is 3.20. The highest BCUT2D eigenvalue weighted by Gasteiger charge is 2.32. The lowest BCUT2D eigenvalue weighted by Crippen LogP contribution is -2.36. The van der Waals surface area contributed by atoms with Crippen LogP contribution in [0.25, 0.3) is 28.0 Å². The molecule has 0 spiro atoms. The molecule has 1 aromatic carbocycles. The molecule has 3 aromatic heterocycles. The van der Waals surface area contributed by atoms with Gasteiger partial charge < -0.3 is 10.6 Å². The van der Waals surface area contributed by atoms with Crippen LogP contribution in [0.5, 0.6) is 0 Å². The number of nitrogens with zero attached hydrogens (tertiary/aromatic N) is 3. The third-order valence-corrected chi connectivity index (χ3v) is 4.77. The number of hydrogen-bond acceptors (Lipinski definition) is 3. The first kappa shape index (κ1) is 23.1. The molecule has 3 heterocycles. The van der Waals surface area contributed by atoms with Gasteiger partial charge in [-0.3, -0.25) is 9.38 Å². The van der Waals surface area contributed by atoms with Crippen molar-refractivity contribution in [1.82, 2.24) is 19.7 Å². The van der Waals surface area contributed by atoms with E-state index in [0.717, 1.165) is 12.3 Å². The minimum atomic E-state index is -4.52. The van der Waals surface area contributed by atoms with Gasteiger partial charge in [0.05, 0.1) is 11.9 Å². The van der Waals surface area contributed by atoms with Gasteiger partial charge in [0.2, 0.25) is 0 Å². The molecule has 0 radical (unpaired) electrons. The minimum Gasteiger partial charge on any atom is -0.329 e. The number of anilines is 1. The molecule has 0 bridgehead atoms. The highest BCUT2D eigenvalue weighted by molar-refractivity contribution is 5.90. The van der Waals surface area contributed by atoms with Crippen LogP contribution in [0.4, 0.5) is 36.8 Å². The summed E-state index contributed by atoms with van der Waals surface area (Å²) in [5, 5.41) is 4.07. The fourth-order valence-electron chi connectivity index (χ4n) is 3.22. The maximum atomic E-state index is 12.7. The van der Waals surface area contributed by atoms with Gasteiger partial charge in [-0.25, -0.2) is 9.78 Å². The number of benzene rings is 1. The second kappa shape index (κ2) is 8.69. The van der Waals surface area contributed by atoms with Gasteiger partial charge in [0.15, 0.2) is 0 Å². The van der Waals surface area contributed by atoms with E-state index in [2.05, 4.69) is 15.3 Å². The molecule has 0 fully saturated rings. The van der Waals surface area contributed by atoms with E-state index >= 15 is 0 Å². The van der Waals surface area contributed by atoms with E-state index in [1.54, 1.807) is 52.4 Å². The minimum absolute atomic E-state index is 0.277. The summed E-state index contributed by atoms with van der Waals surface area (Å²) < 4.78 is 76.7. The van der Waals surface area contributed by atoms with E-state index in [0.29, 0.717) is 28.0 Å². The van der Waals surface area contributed by atoms with Crippen molar-refractivity contribution in [3.8, 4) is 22.4 Å². The van der Waals surface area contributed by atoms with Gasteiger partial charge in [-0.1, -0.05) is 18.2 Å². The van der Waals surface area contributed by atoms with E-state index in [-0.39, 0.29) is 5.69 Å². The standard InChI is InChI=1S/C22H15F6N5O/c23-21(24,25)12-31-20(34)32-16-3-1-2-14(8-16)17-11-30-19-9-13(6-7-33(17)19)15-4-5-18(29-10-15)22(26,27)28/h1-11H,12H2,(H2,31,32,34). The number of alkyl halides is 6. The van der Waals surface area contributed by atoms with Gasteiger partial charge >= 0.3 is 18.4 Å². The van der Waals surface area contributed by atoms with Crippen LogP contribution in [0.2, 0.25) is 0 Å². The van der Waals surface area contributed by atoms with Gasteiger partial charge in [0.25, 0.3) is 0 Å². The summed E-state index contributed by atoms with van der Waals surface area (Å²) in [6, 6.07) is 11.1. The molecule has 6 nitrogen and oxygen atoms in total. The van der Waals surface area contributed by atoms with Crippen molar-refractivity contribution >= 4 is 17.4 Å². The highest BCUT2D eigenvalue weighted by atomic mass is 19.4. The van der Waals surface area contributed by atoms with E-state index in [1.165, 1.54) is 12.1 Å². The monoisotopic (exact) mass is 479 g/mol. The first-order valence-corrected chi connectivity index (χ1v) is 9.72. The Hall–Kier alpha value is -4.09. The molecule has 34 heavy (non-hydrogen) atoms. The molecule has 4 aromatic rings. The lowest BCUT2D eigenvalue weighted by molar-refractivity contribution is -0.141. The van der Waals surface area contributed by atoms with Crippen molar-refractivity contribution in [1.29, 1.82) is 0 Å². The van der Waals surface area contributed by atoms with Gasteiger partial charge in [-0.05, 0) is 35.9 Å². The normalized spacial score (nSPS) is 12.1. The molecule has 0 aliphatic carbocycles. The number of imidazole rings is 1. The molecule has 0 saturated heterocycles. The third kappa shape index (κ3) is 5.27. The first-order chi connectivity index (χ1) is 16.0. The Balaban J connectivity index is 1.56. The molecule has 0 unspecified atom stereocenters. The molecular weight excluding hydrogens is 464 g/mol. The number of hydrogen-bond donors (Lipinski definition) is 2. The summed E-state index contributed by atoms with van der Waals surface area (Å²) in [7, 11) is 0. The maximum Gasteiger partial charge on any atom is 0.433 e. The lowest BCUT2D eigenvalue weighted by Gasteiger charge is -2.11. The zero-order valence-electron chi connectivity index (χ0n) is 17.1. The summed E-state index contributed by atoms with van der Waals surface area (Å²) in [4.78, 5) is 19.5. The predicted molar refractivity (Wildman–Crippen MR) is 112 cm³/mol. The molecule has 2 N–H and O–H groups in total. The second-order valence-electron chi connectivity index (χ2n) is 7.22. The Labute approximate surface area is 188 Å². The number of amides is 2. The Kier molecular flexibility index (Phi) is 5.90. The van der Waals surface area contributed by atoms with E-state index in [9.17, 15) is 31.1 Å². The number of fused-ring (bicyclic) bond motifs is 1. The molecule has 12 heteroatoms. The van der Waals surface area contributed by atoms with Crippen molar-refractivity contribution in [2.24, 2.45) is 0 Å². The van der Waals surface area contributed by atoms with Crippen molar-refractivity contribution < 1.29 is 31.1 Å². The van der Waals surface area contributed by atoms with E-state index in [4.69, 9.17) is 0 Å². The van der Waals surface area contributed by atoms with Crippen LogP contribution in [0.15, 0.2) is 67.1 Å². The van der Waals surface area contributed by atoms with Crippen molar-refractivity contribution in [3.05, 3.63) is 72.8 Å². The van der Waals surface area contributed by atoms with Crippen LogP contribution in [0, 0.1) is 0 Å². The van der Waals surface area contributed by atoms with Crippen LogP contribution in [-0.4, -0.2) is 33.1 Å². The molecule has 4 rings (SSSR count). The van der Waals surface area contributed by atoms with Crippen LogP contribution in [0.1, 0.15) is 5.69 Å². The molecule has 0 atom stereocenters. The van der Waals surface area contributed by atoms with Crippen LogP contribution < -0.4 is 10.6 Å². The SMILES string of the molecule is O=C(NCC(F)(F)F)Nc1cccc(-c2cnc3cc(-c4ccc(C(F)(F)F)nc4)ccn23)c1. The van der Waals surface area contributed by atoms with Crippen molar-refractivity contribution in [2.45, 2.75) is 12.4 Å². The number of rotatable bonds is 4. The molecule has 0 aliphatic rings.